The summed E-state index contributed by atoms with van der Waals surface area (Å²) in [5.74, 6) is 0.829. The Balaban J connectivity index is 1.47. The van der Waals surface area contributed by atoms with E-state index < -0.39 is 0 Å². The summed E-state index contributed by atoms with van der Waals surface area (Å²) in [4.78, 5) is 0. The average Bonchev–Trinajstić information content (AvgIpc) is 3.34. The van der Waals surface area contributed by atoms with E-state index in [9.17, 15) is 0 Å². The molecule has 0 amide bonds. The van der Waals surface area contributed by atoms with Gasteiger partial charge in [-0.1, -0.05) is 35.9 Å². The van der Waals surface area contributed by atoms with E-state index in [1.54, 1.807) is 7.11 Å². The number of nitrogens with one attached hydrogen (secondary N) is 1. The first-order valence-electron chi connectivity index (χ1n) is 9.82. The van der Waals surface area contributed by atoms with Gasteiger partial charge in [0.1, 0.15) is 5.75 Å². The normalized spacial score (nSPS) is 16.0. The molecule has 0 saturated heterocycles. The molecule has 0 saturated carbocycles. The molecule has 156 valence electrons. The maximum atomic E-state index is 6.41. The van der Waals surface area contributed by atoms with Gasteiger partial charge in [0.05, 0.1) is 42.8 Å². The van der Waals surface area contributed by atoms with E-state index in [0.717, 1.165) is 34.7 Å². The van der Waals surface area contributed by atoms with Crippen molar-refractivity contribution in [3.8, 4) is 5.75 Å². The lowest BCUT2D eigenvalue weighted by molar-refractivity contribution is 0.139. The van der Waals surface area contributed by atoms with E-state index in [1.807, 2.05) is 77.5 Å². The van der Waals surface area contributed by atoms with E-state index >= 15 is 0 Å². The summed E-state index contributed by atoms with van der Waals surface area (Å²) < 4.78 is 13.1. The number of hydrazine groups is 1. The third kappa shape index (κ3) is 4.84. The number of hydrogen-bond donors (Lipinski definition) is 1. The second-order valence-corrected chi connectivity index (χ2v) is 7.64. The van der Waals surface area contributed by atoms with Crippen molar-refractivity contribution in [1.82, 2.24) is 15.2 Å². The Hall–Kier alpha value is -2.80. The predicted octanol–water partition coefficient (Wildman–Crippen LogP) is 4.12. The zero-order valence-corrected chi connectivity index (χ0v) is 17.8. The third-order valence-electron chi connectivity index (χ3n) is 5.00. The van der Waals surface area contributed by atoms with Crippen molar-refractivity contribution in [1.29, 1.82) is 0 Å². The number of aromatic nitrogens is 2. The van der Waals surface area contributed by atoms with Crippen LogP contribution >= 0.6 is 11.6 Å². The van der Waals surface area contributed by atoms with Crippen LogP contribution in [0.2, 0.25) is 5.02 Å². The minimum absolute atomic E-state index is 0.0708. The van der Waals surface area contributed by atoms with Crippen LogP contribution in [0.1, 0.15) is 11.3 Å². The first-order valence-corrected chi connectivity index (χ1v) is 10.2. The molecule has 0 aliphatic carbocycles. The van der Waals surface area contributed by atoms with Gasteiger partial charge in [-0.3, -0.25) is 9.69 Å². The van der Waals surface area contributed by atoms with Crippen molar-refractivity contribution < 1.29 is 9.47 Å². The Morgan fingerprint density at radius 3 is 2.73 bits per heavy atom. The standard InChI is InChI=1S/C23H25ClN4O2/c1-27-11-10-19(25-27)13-22-18(14-28(26-22)23-9-4-3-8-21(23)24)16-30-15-17-6-5-7-20(12-17)29-2/h3-12,14,22,26H,13,15-16H2,1-2H3. The molecule has 1 aliphatic heterocycles. The van der Waals surface area contributed by atoms with Gasteiger partial charge < -0.3 is 9.47 Å². The van der Waals surface area contributed by atoms with Gasteiger partial charge in [0.2, 0.25) is 0 Å². The van der Waals surface area contributed by atoms with Crippen LogP contribution in [0.5, 0.6) is 5.75 Å². The predicted molar refractivity (Wildman–Crippen MR) is 118 cm³/mol. The van der Waals surface area contributed by atoms with Crippen LogP contribution in [-0.4, -0.2) is 29.5 Å². The Morgan fingerprint density at radius 2 is 1.97 bits per heavy atom. The molecule has 0 spiro atoms. The van der Waals surface area contributed by atoms with E-state index in [0.29, 0.717) is 18.2 Å². The largest absolute Gasteiger partial charge is 0.497 e. The molecule has 0 radical (unpaired) electrons. The lowest BCUT2D eigenvalue weighted by Gasteiger charge is -2.21. The number of ether oxygens (including phenoxy) is 2. The van der Waals surface area contributed by atoms with Gasteiger partial charge >= 0.3 is 0 Å². The second-order valence-electron chi connectivity index (χ2n) is 7.24. The van der Waals surface area contributed by atoms with Crippen molar-refractivity contribution in [2.45, 2.75) is 19.1 Å². The van der Waals surface area contributed by atoms with Crippen molar-refractivity contribution in [3.63, 3.8) is 0 Å². The summed E-state index contributed by atoms with van der Waals surface area (Å²) in [7, 11) is 3.59. The van der Waals surface area contributed by atoms with Gasteiger partial charge in [-0.25, -0.2) is 5.43 Å². The monoisotopic (exact) mass is 424 g/mol. The van der Waals surface area contributed by atoms with Crippen LogP contribution in [-0.2, 0) is 24.8 Å². The number of hydrogen-bond acceptors (Lipinski definition) is 5. The molecule has 2 heterocycles. The van der Waals surface area contributed by atoms with E-state index in [4.69, 9.17) is 21.1 Å². The fourth-order valence-corrected chi connectivity index (χ4v) is 3.70. The molecular weight excluding hydrogens is 400 g/mol. The third-order valence-corrected chi connectivity index (χ3v) is 5.32. The van der Waals surface area contributed by atoms with Crippen molar-refractivity contribution in [3.05, 3.63) is 88.8 Å². The molecular formula is C23H25ClN4O2. The first kappa shape index (κ1) is 20.5. The molecule has 1 aliphatic rings. The molecule has 0 bridgehead atoms. The topological polar surface area (TPSA) is 51.6 Å². The summed E-state index contributed by atoms with van der Waals surface area (Å²) in [6, 6.07) is 17.8. The molecule has 1 N–H and O–H groups in total. The molecule has 3 aromatic rings. The summed E-state index contributed by atoms with van der Waals surface area (Å²) in [6.45, 7) is 1.01. The number of benzene rings is 2. The fourth-order valence-electron chi connectivity index (χ4n) is 3.47. The highest BCUT2D eigenvalue weighted by molar-refractivity contribution is 6.33. The minimum Gasteiger partial charge on any atom is -0.497 e. The highest BCUT2D eigenvalue weighted by Gasteiger charge is 2.26. The smallest absolute Gasteiger partial charge is 0.119 e. The van der Waals surface area contributed by atoms with Gasteiger partial charge in [0, 0.05) is 25.9 Å². The van der Waals surface area contributed by atoms with Crippen molar-refractivity contribution in [2.24, 2.45) is 7.05 Å². The highest BCUT2D eigenvalue weighted by atomic mass is 35.5. The summed E-state index contributed by atoms with van der Waals surface area (Å²) in [5, 5.41) is 7.18. The first-order chi connectivity index (χ1) is 14.6. The summed E-state index contributed by atoms with van der Waals surface area (Å²) >= 11 is 6.41. The van der Waals surface area contributed by atoms with Crippen LogP contribution in [0.3, 0.4) is 0 Å². The van der Waals surface area contributed by atoms with E-state index in [-0.39, 0.29) is 6.04 Å². The number of methoxy groups -OCH3 is 1. The molecule has 0 fully saturated rings. The number of anilines is 1. The maximum Gasteiger partial charge on any atom is 0.119 e. The molecule has 1 aromatic heterocycles. The van der Waals surface area contributed by atoms with Gasteiger partial charge in [-0.2, -0.15) is 5.10 Å². The maximum absolute atomic E-state index is 6.41. The Kier molecular flexibility index (Phi) is 6.38. The Labute approximate surface area is 181 Å². The number of halogens is 1. The van der Waals surface area contributed by atoms with Crippen LogP contribution in [0.4, 0.5) is 5.69 Å². The molecule has 1 unspecified atom stereocenters. The summed E-state index contributed by atoms with van der Waals surface area (Å²) in [5.41, 5.74) is 7.68. The van der Waals surface area contributed by atoms with E-state index in [1.165, 1.54) is 0 Å². The van der Waals surface area contributed by atoms with Gasteiger partial charge in [-0.05, 0) is 41.5 Å². The van der Waals surface area contributed by atoms with Crippen molar-refractivity contribution >= 4 is 17.3 Å². The van der Waals surface area contributed by atoms with Gasteiger partial charge in [0.25, 0.3) is 0 Å². The molecule has 6 nitrogen and oxygen atoms in total. The zero-order chi connectivity index (χ0) is 20.9. The number of rotatable bonds is 8. The van der Waals surface area contributed by atoms with Crippen LogP contribution < -0.4 is 15.2 Å². The van der Waals surface area contributed by atoms with Crippen LogP contribution in [0.15, 0.2) is 72.6 Å². The van der Waals surface area contributed by atoms with Crippen LogP contribution in [0, 0.1) is 0 Å². The highest BCUT2D eigenvalue weighted by Crippen LogP contribution is 2.29. The lowest BCUT2D eigenvalue weighted by Crippen LogP contribution is -2.38. The zero-order valence-electron chi connectivity index (χ0n) is 17.1. The van der Waals surface area contributed by atoms with Gasteiger partial charge in [-0.15, -0.1) is 0 Å². The molecule has 4 rings (SSSR count). The average molecular weight is 425 g/mol. The van der Waals surface area contributed by atoms with Crippen LogP contribution in [0.25, 0.3) is 0 Å². The van der Waals surface area contributed by atoms with Gasteiger partial charge in [0.15, 0.2) is 0 Å². The Morgan fingerprint density at radius 1 is 1.10 bits per heavy atom. The Bertz CT molecular complexity index is 1030. The lowest BCUT2D eigenvalue weighted by atomic mass is 10.1. The van der Waals surface area contributed by atoms with E-state index in [2.05, 4.69) is 16.7 Å². The number of para-hydroxylation sites is 1. The number of aryl methyl sites for hydroxylation is 1. The fraction of sp³-hybridized carbons (Fsp3) is 0.261. The molecule has 30 heavy (non-hydrogen) atoms. The number of nitrogens with zero attached hydrogens (tertiary/aromatic N) is 3. The summed E-state index contributed by atoms with van der Waals surface area (Å²) in [6.07, 6.45) is 4.79. The molecule has 1 atom stereocenters. The molecule has 7 heteroatoms. The van der Waals surface area contributed by atoms with Crippen molar-refractivity contribution in [2.75, 3.05) is 18.7 Å². The molecule has 2 aromatic carbocycles. The SMILES string of the molecule is COc1cccc(COCC2=CN(c3ccccc3Cl)NC2Cc2ccn(C)n2)c1. The quantitative estimate of drug-likeness (QED) is 0.589. The minimum atomic E-state index is 0.0708. The second kappa shape index (κ2) is 9.34.